The average molecular weight is 485 g/mol. The van der Waals surface area contributed by atoms with Crippen LogP contribution in [0.3, 0.4) is 0 Å². The number of amides is 2. The second-order valence-electron chi connectivity index (χ2n) is 8.63. The topological polar surface area (TPSA) is 100 Å². The molecule has 3 aromatic rings. The van der Waals surface area contributed by atoms with Gasteiger partial charge in [-0.2, -0.15) is 0 Å². The largest absolute Gasteiger partial charge is 0.366 e. The number of piperazine rings is 1. The van der Waals surface area contributed by atoms with E-state index in [9.17, 15) is 14.4 Å². The SMILES string of the molecule is CCc1nnc(NC(=O)c2cn(C3CC3)c3cc(N4CCN(C(C)=O)CC4)c(F)cc3c2=O)s1. The molecule has 1 aromatic carbocycles. The molecule has 34 heavy (non-hydrogen) atoms. The summed E-state index contributed by atoms with van der Waals surface area (Å²) >= 11 is 1.26. The smallest absolute Gasteiger partial charge is 0.262 e. The molecule has 0 spiro atoms. The first-order valence-corrected chi connectivity index (χ1v) is 12.2. The molecular formula is C23H25FN6O3S. The molecule has 0 bridgehead atoms. The maximum atomic E-state index is 15.2. The molecule has 2 aromatic heterocycles. The van der Waals surface area contributed by atoms with Crippen LogP contribution in [0.5, 0.6) is 0 Å². The van der Waals surface area contributed by atoms with Crippen molar-refractivity contribution in [1.82, 2.24) is 19.7 Å². The van der Waals surface area contributed by atoms with Crippen molar-refractivity contribution in [2.45, 2.75) is 39.2 Å². The van der Waals surface area contributed by atoms with Gasteiger partial charge in [0.15, 0.2) is 0 Å². The Labute approximate surface area is 199 Å². The lowest BCUT2D eigenvalue weighted by atomic mass is 10.1. The molecule has 178 valence electrons. The van der Waals surface area contributed by atoms with Crippen LogP contribution < -0.4 is 15.6 Å². The number of carbonyl (C=O) groups excluding carboxylic acids is 2. The van der Waals surface area contributed by atoms with Crippen LogP contribution in [0.2, 0.25) is 0 Å². The highest BCUT2D eigenvalue weighted by Crippen LogP contribution is 2.38. The summed E-state index contributed by atoms with van der Waals surface area (Å²) in [6.07, 6.45) is 4.14. The van der Waals surface area contributed by atoms with Crippen LogP contribution in [0.25, 0.3) is 10.9 Å². The lowest BCUT2D eigenvalue weighted by Gasteiger charge is -2.36. The van der Waals surface area contributed by atoms with Crippen molar-refractivity contribution >= 4 is 44.9 Å². The summed E-state index contributed by atoms with van der Waals surface area (Å²) in [6.45, 7) is 5.53. The Bertz CT molecular complexity index is 1340. The highest BCUT2D eigenvalue weighted by atomic mass is 32.1. The normalized spacial score (nSPS) is 16.2. The molecule has 1 aliphatic carbocycles. The van der Waals surface area contributed by atoms with Crippen molar-refractivity contribution in [3.63, 3.8) is 0 Å². The van der Waals surface area contributed by atoms with E-state index in [4.69, 9.17) is 0 Å². The Hall–Kier alpha value is -3.34. The fourth-order valence-corrected chi connectivity index (χ4v) is 4.97. The van der Waals surface area contributed by atoms with E-state index in [-0.39, 0.29) is 22.9 Å². The molecule has 5 rings (SSSR count). The van der Waals surface area contributed by atoms with Gasteiger partial charge in [-0.3, -0.25) is 19.7 Å². The minimum atomic E-state index is -0.579. The number of nitrogens with one attached hydrogen (secondary N) is 1. The van der Waals surface area contributed by atoms with Gasteiger partial charge in [-0.25, -0.2) is 4.39 Å². The first-order chi connectivity index (χ1) is 16.4. The van der Waals surface area contributed by atoms with Gasteiger partial charge in [0.05, 0.1) is 11.2 Å². The standard InChI is InChI=1S/C23H25FN6O3S/c1-3-20-26-27-23(34-20)25-22(33)16-12-30(14-4-5-14)18-11-19(17(24)10-15(18)21(16)32)29-8-6-28(7-9-29)13(2)31/h10-12,14H,3-9H2,1-2H3,(H,25,27,33). The number of nitrogens with zero attached hydrogens (tertiary/aromatic N) is 5. The van der Waals surface area contributed by atoms with Crippen LogP contribution in [-0.2, 0) is 11.2 Å². The molecule has 2 amide bonds. The van der Waals surface area contributed by atoms with Crippen molar-refractivity contribution in [1.29, 1.82) is 0 Å². The van der Waals surface area contributed by atoms with E-state index < -0.39 is 17.2 Å². The molecule has 1 saturated carbocycles. The number of hydrogen-bond acceptors (Lipinski definition) is 7. The molecule has 1 N–H and O–H groups in total. The molecule has 0 atom stereocenters. The number of aryl methyl sites for hydroxylation is 1. The van der Waals surface area contributed by atoms with Crippen LogP contribution in [0, 0.1) is 5.82 Å². The van der Waals surface area contributed by atoms with Gasteiger partial charge in [0.2, 0.25) is 16.5 Å². The van der Waals surface area contributed by atoms with Gasteiger partial charge in [0.25, 0.3) is 5.91 Å². The van der Waals surface area contributed by atoms with Crippen LogP contribution in [0.15, 0.2) is 23.1 Å². The molecule has 2 fully saturated rings. The van der Waals surface area contributed by atoms with Gasteiger partial charge >= 0.3 is 0 Å². The molecule has 3 heterocycles. The number of benzene rings is 1. The van der Waals surface area contributed by atoms with Gasteiger partial charge in [0.1, 0.15) is 16.4 Å². The number of pyridine rings is 1. The van der Waals surface area contributed by atoms with E-state index >= 15 is 4.39 Å². The van der Waals surface area contributed by atoms with Crippen molar-refractivity contribution in [2.75, 3.05) is 36.4 Å². The van der Waals surface area contributed by atoms with Crippen LogP contribution in [0.4, 0.5) is 15.2 Å². The maximum Gasteiger partial charge on any atom is 0.262 e. The van der Waals surface area contributed by atoms with E-state index in [0.29, 0.717) is 48.9 Å². The first kappa shape index (κ1) is 22.5. The fourth-order valence-electron chi connectivity index (χ4n) is 4.29. The van der Waals surface area contributed by atoms with Gasteiger partial charge < -0.3 is 14.4 Å². The van der Waals surface area contributed by atoms with Gasteiger partial charge in [0, 0.05) is 50.7 Å². The average Bonchev–Trinajstić information content (AvgIpc) is 3.57. The highest BCUT2D eigenvalue weighted by molar-refractivity contribution is 7.15. The van der Waals surface area contributed by atoms with Crippen molar-refractivity contribution in [3.05, 3.63) is 44.9 Å². The van der Waals surface area contributed by atoms with Crippen LogP contribution in [-0.4, -0.2) is 57.7 Å². The summed E-state index contributed by atoms with van der Waals surface area (Å²) in [6, 6.07) is 3.10. The van der Waals surface area contributed by atoms with Crippen molar-refractivity contribution in [3.8, 4) is 0 Å². The number of hydrogen-bond donors (Lipinski definition) is 1. The molecule has 9 nitrogen and oxygen atoms in total. The number of carbonyl (C=O) groups is 2. The van der Waals surface area contributed by atoms with Crippen molar-refractivity contribution < 1.29 is 14.0 Å². The van der Waals surface area contributed by atoms with Gasteiger partial charge in [-0.15, -0.1) is 10.2 Å². The van der Waals surface area contributed by atoms with E-state index in [2.05, 4.69) is 15.5 Å². The predicted molar refractivity (Wildman–Crippen MR) is 128 cm³/mol. The minimum Gasteiger partial charge on any atom is -0.366 e. The summed E-state index contributed by atoms with van der Waals surface area (Å²) < 4.78 is 17.1. The molecule has 0 unspecified atom stereocenters. The lowest BCUT2D eigenvalue weighted by Crippen LogP contribution is -2.48. The van der Waals surface area contributed by atoms with E-state index in [1.165, 1.54) is 24.3 Å². The molecule has 1 saturated heterocycles. The Morgan fingerprint density at radius 3 is 2.53 bits per heavy atom. The minimum absolute atomic E-state index is 0.00598. The first-order valence-electron chi connectivity index (χ1n) is 11.4. The molecule has 1 aliphatic heterocycles. The predicted octanol–water partition coefficient (Wildman–Crippen LogP) is 2.81. The van der Waals surface area contributed by atoms with Crippen molar-refractivity contribution in [2.24, 2.45) is 0 Å². The zero-order chi connectivity index (χ0) is 24.0. The highest BCUT2D eigenvalue weighted by Gasteiger charge is 2.29. The third-order valence-corrected chi connectivity index (χ3v) is 7.32. The van der Waals surface area contributed by atoms with Gasteiger partial charge in [-0.05, 0) is 31.4 Å². The molecule has 2 aliphatic rings. The summed E-state index contributed by atoms with van der Waals surface area (Å²) in [5.41, 5.74) is 0.452. The summed E-state index contributed by atoms with van der Waals surface area (Å²) in [5.74, 6) is -1.09. The third kappa shape index (κ3) is 4.15. The Kier molecular flexibility index (Phi) is 5.80. The Balaban J connectivity index is 1.52. The molecule has 11 heteroatoms. The lowest BCUT2D eigenvalue weighted by molar-refractivity contribution is -0.129. The Morgan fingerprint density at radius 2 is 1.91 bits per heavy atom. The number of fused-ring (bicyclic) bond motifs is 1. The second kappa shape index (κ2) is 8.79. The van der Waals surface area contributed by atoms with E-state index in [1.807, 2.05) is 16.4 Å². The monoisotopic (exact) mass is 484 g/mol. The maximum absolute atomic E-state index is 15.2. The number of rotatable bonds is 5. The number of halogens is 1. The summed E-state index contributed by atoms with van der Waals surface area (Å²) in [5, 5.41) is 11.9. The molecular weight excluding hydrogens is 459 g/mol. The number of aromatic nitrogens is 3. The summed E-state index contributed by atoms with van der Waals surface area (Å²) in [7, 11) is 0. The Morgan fingerprint density at radius 1 is 1.18 bits per heavy atom. The van der Waals surface area contributed by atoms with Crippen LogP contribution in [0.1, 0.15) is 48.1 Å². The molecule has 0 radical (unpaired) electrons. The van der Waals surface area contributed by atoms with E-state index in [0.717, 1.165) is 17.8 Å². The van der Waals surface area contributed by atoms with Gasteiger partial charge in [-0.1, -0.05) is 18.3 Å². The second-order valence-corrected chi connectivity index (χ2v) is 9.69. The van der Waals surface area contributed by atoms with Crippen LogP contribution >= 0.6 is 11.3 Å². The fraction of sp³-hybridized carbons (Fsp3) is 0.435. The third-order valence-electron chi connectivity index (χ3n) is 6.34. The zero-order valence-electron chi connectivity index (χ0n) is 19.0. The quantitative estimate of drug-likeness (QED) is 0.598. The van der Waals surface area contributed by atoms with E-state index in [1.54, 1.807) is 17.2 Å². The summed E-state index contributed by atoms with van der Waals surface area (Å²) in [4.78, 5) is 41.4. The number of anilines is 2. The zero-order valence-corrected chi connectivity index (χ0v) is 19.8.